The van der Waals surface area contributed by atoms with E-state index in [1.807, 2.05) is 33.0 Å². The number of carbonyl (C=O) groups is 3. The fourth-order valence-electron chi connectivity index (χ4n) is 5.87. The molecule has 4 N–H and O–H groups in total. The van der Waals surface area contributed by atoms with Gasteiger partial charge in [-0.25, -0.2) is 9.59 Å². The maximum atomic E-state index is 14.4. The minimum absolute atomic E-state index is 0.118. The minimum Gasteiger partial charge on any atom is -0.497 e. The quantitative estimate of drug-likeness (QED) is 0.202. The summed E-state index contributed by atoms with van der Waals surface area (Å²) in [5.74, 6) is -0.338. The molecule has 4 atom stereocenters. The van der Waals surface area contributed by atoms with Crippen LogP contribution in [0, 0.1) is 5.92 Å². The van der Waals surface area contributed by atoms with Crippen molar-refractivity contribution in [3.05, 3.63) is 83.4 Å². The van der Waals surface area contributed by atoms with Gasteiger partial charge in [-0.15, -0.1) is 0 Å². The van der Waals surface area contributed by atoms with Crippen molar-refractivity contribution in [2.75, 3.05) is 51.1 Å². The van der Waals surface area contributed by atoms with Crippen molar-refractivity contribution in [2.24, 2.45) is 5.92 Å². The van der Waals surface area contributed by atoms with Crippen LogP contribution >= 0.6 is 0 Å². The van der Waals surface area contributed by atoms with Crippen molar-refractivity contribution in [1.82, 2.24) is 9.80 Å². The Morgan fingerprint density at radius 3 is 2.36 bits per heavy atom. The molecule has 3 amide bonds. The zero-order chi connectivity index (χ0) is 36.2. The third-order valence-corrected chi connectivity index (χ3v) is 8.80. The van der Waals surface area contributed by atoms with E-state index < -0.39 is 18.0 Å². The molecule has 1 heterocycles. The molecule has 0 fully saturated rings. The zero-order valence-electron chi connectivity index (χ0n) is 29.6. The van der Waals surface area contributed by atoms with Gasteiger partial charge in [0.2, 0.25) is 0 Å². The zero-order valence-corrected chi connectivity index (χ0v) is 29.6. The van der Waals surface area contributed by atoms with Gasteiger partial charge >= 0.3 is 12.0 Å². The topological polar surface area (TPSA) is 150 Å². The number of hydrogen-bond donors (Lipinski definition) is 4. The van der Waals surface area contributed by atoms with Crippen molar-refractivity contribution < 1.29 is 38.8 Å². The Labute approximate surface area is 294 Å². The van der Waals surface area contributed by atoms with Crippen molar-refractivity contribution in [3.8, 4) is 11.5 Å². The maximum absolute atomic E-state index is 14.4. The van der Waals surface area contributed by atoms with E-state index in [4.69, 9.17) is 14.2 Å². The Balaban J connectivity index is 1.56. The fraction of sp³-hybridized carbons (Fsp3) is 0.447. The van der Waals surface area contributed by atoms with E-state index >= 15 is 0 Å². The Bertz CT molecular complexity index is 1570. The third kappa shape index (κ3) is 10.9. The molecular formula is C38H50N4O8. The smallest absolute Gasteiger partial charge is 0.335 e. The highest BCUT2D eigenvalue weighted by Gasteiger charge is 2.30. The molecule has 50 heavy (non-hydrogen) atoms. The van der Waals surface area contributed by atoms with Crippen LogP contribution in [0.15, 0.2) is 66.7 Å². The number of carboxylic acid groups (broad SMARTS) is 1. The number of rotatable bonds is 10. The van der Waals surface area contributed by atoms with Crippen molar-refractivity contribution in [3.63, 3.8) is 0 Å². The van der Waals surface area contributed by atoms with Gasteiger partial charge in [-0.05, 0) is 100 Å². The SMILES string of the molecule is COc1ccc(NC(=O)Nc2ccc3c(c2)C(=O)N([C@@H](C)CO)C[C@@H](C)[C@@H](CN(C)Cc2ccc(C(=O)O)cc2)OCCCC[C@H](C)O3)cc1. The van der Waals surface area contributed by atoms with Gasteiger partial charge in [0.25, 0.3) is 5.91 Å². The first-order chi connectivity index (χ1) is 24.0. The molecule has 0 aromatic heterocycles. The third-order valence-electron chi connectivity index (χ3n) is 8.80. The molecule has 0 unspecified atom stereocenters. The molecule has 0 radical (unpaired) electrons. The Morgan fingerprint density at radius 1 is 1.02 bits per heavy atom. The number of nitrogens with zero attached hydrogens (tertiary/aromatic N) is 2. The molecule has 270 valence electrons. The van der Waals surface area contributed by atoms with Gasteiger partial charge in [-0.1, -0.05) is 19.1 Å². The van der Waals surface area contributed by atoms with E-state index in [9.17, 15) is 24.6 Å². The largest absolute Gasteiger partial charge is 0.497 e. The molecule has 1 aliphatic heterocycles. The van der Waals surface area contributed by atoms with Crippen LogP contribution in [0.4, 0.5) is 16.2 Å². The van der Waals surface area contributed by atoms with Gasteiger partial charge < -0.3 is 40.0 Å². The van der Waals surface area contributed by atoms with Crippen molar-refractivity contribution in [1.29, 1.82) is 0 Å². The lowest BCUT2D eigenvalue weighted by Crippen LogP contribution is -2.47. The maximum Gasteiger partial charge on any atom is 0.335 e. The van der Waals surface area contributed by atoms with E-state index in [0.29, 0.717) is 49.1 Å². The molecule has 0 saturated heterocycles. The molecule has 4 rings (SSSR count). The van der Waals surface area contributed by atoms with E-state index in [-0.39, 0.29) is 41.8 Å². The highest BCUT2D eigenvalue weighted by Crippen LogP contribution is 2.29. The second-order valence-corrected chi connectivity index (χ2v) is 13.0. The number of carbonyl (C=O) groups excluding carboxylic acids is 2. The molecule has 0 aliphatic carbocycles. The molecule has 0 bridgehead atoms. The predicted molar refractivity (Wildman–Crippen MR) is 192 cm³/mol. The Kier molecular flexibility index (Phi) is 14.0. The summed E-state index contributed by atoms with van der Waals surface area (Å²) in [5, 5.41) is 25.1. The minimum atomic E-state index is -0.964. The summed E-state index contributed by atoms with van der Waals surface area (Å²) in [6.07, 6.45) is 2.05. The number of aliphatic hydroxyl groups is 1. The van der Waals surface area contributed by atoms with Gasteiger partial charge in [0.1, 0.15) is 11.5 Å². The monoisotopic (exact) mass is 690 g/mol. The van der Waals surface area contributed by atoms with Crippen molar-refractivity contribution in [2.45, 2.75) is 64.8 Å². The van der Waals surface area contributed by atoms with Gasteiger partial charge in [0, 0.05) is 43.5 Å². The number of anilines is 2. The second kappa shape index (κ2) is 18.4. The highest BCUT2D eigenvalue weighted by molar-refractivity contribution is 6.02. The summed E-state index contributed by atoms with van der Waals surface area (Å²) in [6.45, 7) is 7.57. The van der Waals surface area contributed by atoms with Crippen LogP contribution in [0.3, 0.4) is 0 Å². The standard InChI is InChI=1S/C38H50N4O8/c1-25-21-42(26(2)24-43)36(44)33-20-31(40-38(47)39-30-13-16-32(48-5)17-14-30)15-18-34(33)50-27(3)8-6-7-19-49-35(25)23-41(4)22-28-9-11-29(12-10-28)37(45)46/h9-18,20,25-27,35,43H,6-8,19,21-24H2,1-5H3,(H,45,46)(H2,39,40,47)/t25-,26+,27+,35-/m1/s1. The van der Waals surface area contributed by atoms with Crippen LogP contribution < -0.4 is 20.1 Å². The normalized spacial score (nSPS) is 19.5. The molecule has 12 nitrogen and oxygen atoms in total. The van der Waals surface area contributed by atoms with Gasteiger partial charge in [-0.2, -0.15) is 0 Å². The first kappa shape index (κ1) is 38.2. The van der Waals surface area contributed by atoms with E-state index in [2.05, 4.69) is 15.5 Å². The fourth-order valence-corrected chi connectivity index (χ4v) is 5.87. The average molecular weight is 691 g/mol. The number of carboxylic acids is 1. The van der Waals surface area contributed by atoms with Gasteiger partial charge in [-0.3, -0.25) is 9.69 Å². The number of fused-ring (bicyclic) bond motifs is 1. The molecule has 0 saturated carbocycles. The number of amides is 3. The number of aliphatic hydroxyl groups excluding tert-OH is 1. The highest BCUT2D eigenvalue weighted by atomic mass is 16.5. The number of methoxy groups -OCH3 is 1. The van der Waals surface area contributed by atoms with Crippen LogP contribution in [0.5, 0.6) is 11.5 Å². The first-order valence-corrected chi connectivity index (χ1v) is 17.0. The molecule has 3 aromatic carbocycles. The molecular weight excluding hydrogens is 640 g/mol. The average Bonchev–Trinajstić information content (AvgIpc) is 3.10. The molecule has 3 aromatic rings. The lowest BCUT2D eigenvalue weighted by molar-refractivity contribution is -0.0177. The number of ether oxygens (including phenoxy) is 3. The summed E-state index contributed by atoms with van der Waals surface area (Å²) in [7, 11) is 3.56. The predicted octanol–water partition coefficient (Wildman–Crippen LogP) is 5.96. The summed E-state index contributed by atoms with van der Waals surface area (Å²) in [4.78, 5) is 42.3. The van der Waals surface area contributed by atoms with E-state index in [0.717, 1.165) is 24.8 Å². The number of hydrogen-bond acceptors (Lipinski definition) is 8. The molecule has 0 spiro atoms. The van der Waals surface area contributed by atoms with E-state index in [1.165, 1.54) is 0 Å². The van der Waals surface area contributed by atoms with Crippen LogP contribution in [0.25, 0.3) is 0 Å². The lowest BCUT2D eigenvalue weighted by Gasteiger charge is -2.36. The lowest BCUT2D eigenvalue weighted by atomic mass is 10.0. The Morgan fingerprint density at radius 2 is 1.70 bits per heavy atom. The van der Waals surface area contributed by atoms with Gasteiger partial charge in [0.15, 0.2) is 0 Å². The number of benzene rings is 3. The summed E-state index contributed by atoms with van der Waals surface area (Å²) < 4.78 is 17.9. The van der Waals surface area contributed by atoms with E-state index in [1.54, 1.807) is 73.5 Å². The summed E-state index contributed by atoms with van der Waals surface area (Å²) in [6, 6.07) is 17.8. The number of urea groups is 1. The summed E-state index contributed by atoms with van der Waals surface area (Å²) in [5.41, 5.74) is 2.48. The van der Waals surface area contributed by atoms with Crippen LogP contribution in [0.2, 0.25) is 0 Å². The number of likely N-dealkylation sites (N-methyl/N-ethyl adjacent to an activating group) is 1. The molecule has 1 aliphatic rings. The van der Waals surface area contributed by atoms with Crippen LogP contribution in [-0.4, -0.2) is 96.6 Å². The number of nitrogens with one attached hydrogen (secondary N) is 2. The van der Waals surface area contributed by atoms with Crippen LogP contribution in [-0.2, 0) is 11.3 Å². The van der Waals surface area contributed by atoms with Crippen LogP contribution in [0.1, 0.15) is 66.3 Å². The Hall–Kier alpha value is -4.65. The number of aromatic carboxylic acids is 1. The van der Waals surface area contributed by atoms with Crippen molar-refractivity contribution >= 4 is 29.3 Å². The second-order valence-electron chi connectivity index (χ2n) is 13.0. The molecule has 12 heteroatoms. The summed E-state index contributed by atoms with van der Waals surface area (Å²) >= 11 is 0. The first-order valence-electron chi connectivity index (χ1n) is 17.0. The van der Waals surface area contributed by atoms with Gasteiger partial charge in [0.05, 0.1) is 43.1 Å².